The second-order valence-corrected chi connectivity index (χ2v) is 4.94. The van der Waals surface area contributed by atoms with Gasteiger partial charge in [0.05, 0.1) is 12.2 Å². The van der Waals surface area contributed by atoms with Crippen LogP contribution in [0.3, 0.4) is 0 Å². The molecule has 0 aliphatic rings. The molecule has 1 nitrogen and oxygen atoms in total. The Kier molecular flexibility index (Phi) is 3.51. The zero-order valence-electron chi connectivity index (χ0n) is 8.30. The summed E-state index contributed by atoms with van der Waals surface area (Å²) in [5.41, 5.74) is 1.14. The maximum Gasteiger partial charge on any atom is 0.0724 e. The minimum absolute atomic E-state index is 0.0624. The van der Waals surface area contributed by atoms with Crippen molar-refractivity contribution in [2.45, 2.75) is 33.0 Å². The van der Waals surface area contributed by atoms with E-state index in [1.54, 1.807) is 0 Å². The highest BCUT2D eigenvalue weighted by Crippen LogP contribution is 2.14. The molecule has 0 bridgehead atoms. The first-order chi connectivity index (χ1) is 5.97. The van der Waals surface area contributed by atoms with Gasteiger partial charge >= 0.3 is 0 Å². The van der Waals surface area contributed by atoms with Gasteiger partial charge in [0, 0.05) is 4.47 Å². The molecule has 2 heteroatoms. The van der Waals surface area contributed by atoms with E-state index in [2.05, 4.69) is 48.8 Å². The van der Waals surface area contributed by atoms with Crippen LogP contribution in [0, 0.1) is 0 Å². The van der Waals surface area contributed by atoms with E-state index in [1.165, 1.54) is 5.56 Å². The summed E-state index contributed by atoms with van der Waals surface area (Å²) >= 11 is 3.40. The summed E-state index contributed by atoms with van der Waals surface area (Å²) in [4.78, 5) is 0. The van der Waals surface area contributed by atoms with Gasteiger partial charge < -0.3 is 4.74 Å². The fourth-order valence-corrected chi connectivity index (χ4v) is 1.14. The number of benzene rings is 1. The number of ether oxygens (including phenoxy) is 1. The Morgan fingerprint density at radius 1 is 1.15 bits per heavy atom. The maximum atomic E-state index is 5.64. The van der Waals surface area contributed by atoms with Crippen molar-refractivity contribution in [3.05, 3.63) is 34.3 Å². The van der Waals surface area contributed by atoms with Gasteiger partial charge in [0.15, 0.2) is 0 Å². The van der Waals surface area contributed by atoms with E-state index < -0.39 is 0 Å². The zero-order valence-corrected chi connectivity index (χ0v) is 9.89. The molecule has 0 heterocycles. The highest BCUT2D eigenvalue weighted by atomic mass is 79.9. The van der Waals surface area contributed by atoms with Crippen LogP contribution >= 0.6 is 15.9 Å². The second kappa shape index (κ2) is 4.25. The fourth-order valence-electron chi connectivity index (χ4n) is 0.880. The van der Waals surface area contributed by atoms with Crippen LogP contribution in [0.4, 0.5) is 0 Å². The highest BCUT2D eigenvalue weighted by molar-refractivity contribution is 9.10. The van der Waals surface area contributed by atoms with E-state index in [0.717, 1.165) is 4.47 Å². The van der Waals surface area contributed by atoms with Gasteiger partial charge in [0.1, 0.15) is 0 Å². The summed E-state index contributed by atoms with van der Waals surface area (Å²) in [7, 11) is 0. The van der Waals surface area contributed by atoms with Gasteiger partial charge in [0.2, 0.25) is 0 Å². The minimum Gasteiger partial charge on any atom is -0.371 e. The topological polar surface area (TPSA) is 9.23 Å². The Hall–Kier alpha value is -0.340. The zero-order chi connectivity index (χ0) is 9.90. The molecular formula is C11H15BrO. The van der Waals surface area contributed by atoms with Crippen molar-refractivity contribution in [1.29, 1.82) is 0 Å². The first-order valence-corrected chi connectivity index (χ1v) is 5.15. The molecule has 0 saturated carbocycles. The summed E-state index contributed by atoms with van der Waals surface area (Å²) in [6.45, 7) is 6.86. The normalized spacial score (nSPS) is 11.7. The highest BCUT2D eigenvalue weighted by Gasteiger charge is 2.09. The predicted molar refractivity (Wildman–Crippen MR) is 58.7 cm³/mol. The fraction of sp³-hybridized carbons (Fsp3) is 0.455. The molecule has 0 radical (unpaired) electrons. The first kappa shape index (κ1) is 10.7. The third-order valence-corrected chi connectivity index (χ3v) is 2.11. The summed E-state index contributed by atoms with van der Waals surface area (Å²) in [6, 6.07) is 8.19. The van der Waals surface area contributed by atoms with Crippen LogP contribution in [0.15, 0.2) is 28.7 Å². The van der Waals surface area contributed by atoms with Crippen LogP contribution in [0.1, 0.15) is 26.3 Å². The van der Waals surface area contributed by atoms with Gasteiger partial charge in [-0.1, -0.05) is 28.1 Å². The Balaban J connectivity index is 2.51. The van der Waals surface area contributed by atoms with Crippen LogP contribution < -0.4 is 0 Å². The van der Waals surface area contributed by atoms with E-state index in [-0.39, 0.29) is 5.60 Å². The average molecular weight is 243 g/mol. The van der Waals surface area contributed by atoms with Gasteiger partial charge in [0.25, 0.3) is 0 Å². The van der Waals surface area contributed by atoms with Crippen LogP contribution in [0.2, 0.25) is 0 Å². The van der Waals surface area contributed by atoms with Crippen molar-refractivity contribution in [3.8, 4) is 0 Å². The van der Waals surface area contributed by atoms with E-state index >= 15 is 0 Å². The van der Waals surface area contributed by atoms with Crippen LogP contribution in [-0.4, -0.2) is 5.60 Å². The molecule has 0 amide bonds. The molecule has 0 atom stereocenters. The maximum absolute atomic E-state index is 5.64. The largest absolute Gasteiger partial charge is 0.371 e. The number of hydrogen-bond donors (Lipinski definition) is 0. The third kappa shape index (κ3) is 4.44. The summed E-state index contributed by atoms with van der Waals surface area (Å²) in [6.07, 6.45) is 0. The monoisotopic (exact) mass is 242 g/mol. The number of rotatable bonds is 2. The second-order valence-electron chi connectivity index (χ2n) is 4.03. The van der Waals surface area contributed by atoms with Gasteiger partial charge in [-0.2, -0.15) is 0 Å². The molecule has 72 valence electrons. The Morgan fingerprint density at radius 3 is 2.15 bits per heavy atom. The molecule has 0 unspecified atom stereocenters. The standard InChI is InChI=1S/C11H15BrO/c1-11(2,3)13-8-9-4-6-10(12)7-5-9/h4-7H,8H2,1-3H3. The Bertz CT molecular complexity index is 258. The van der Waals surface area contributed by atoms with Crippen molar-refractivity contribution in [2.75, 3.05) is 0 Å². The van der Waals surface area contributed by atoms with Crippen molar-refractivity contribution in [1.82, 2.24) is 0 Å². The smallest absolute Gasteiger partial charge is 0.0724 e. The van der Waals surface area contributed by atoms with Gasteiger partial charge in [-0.15, -0.1) is 0 Å². The van der Waals surface area contributed by atoms with Crippen molar-refractivity contribution < 1.29 is 4.74 Å². The lowest BCUT2D eigenvalue weighted by molar-refractivity contribution is -0.0149. The van der Waals surface area contributed by atoms with E-state index in [9.17, 15) is 0 Å². The van der Waals surface area contributed by atoms with Crippen molar-refractivity contribution in [3.63, 3.8) is 0 Å². The van der Waals surface area contributed by atoms with Crippen LogP contribution in [0.5, 0.6) is 0 Å². The summed E-state index contributed by atoms with van der Waals surface area (Å²) in [5, 5.41) is 0. The SMILES string of the molecule is CC(C)(C)OCc1ccc(Br)cc1. The number of halogens is 1. The molecule has 0 saturated heterocycles. The Labute approximate surface area is 88.2 Å². The molecule has 0 fully saturated rings. The van der Waals surface area contributed by atoms with Gasteiger partial charge in [-0.25, -0.2) is 0 Å². The molecule has 0 aliphatic carbocycles. The molecule has 1 aromatic rings. The van der Waals surface area contributed by atoms with Crippen LogP contribution in [-0.2, 0) is 11.3 Å². The van der Waals surface area contributed by atoms with E-state index in [0.29, 0.717) is 6.61 Å². The molecule has 0 N–H and O–H groups in total. The molecule has 0 aliphatic heterocycles. The molecule has 1 aromatic carbocycles. The van der Waals surface area contributed by atoms with Gasteiger partial charge in [-0.3, -0.25) is 0 Å². The lowest BCUT2D eigenvalue weighted by Crippen LogP contribution is -2.18. The van der Waals surface area contributed by atoms with Crippen molar-refractivity contribution >= 4 is 15.9 Å². The minimum atomic E-state index is -0.0624. The molecule has 1 rings (SSSR count). The average Bonchev–Trinajstić information content (AvgIpc) is 2.02. The molecule has 13 heavy (non-hydrogen) atoms. The quantitative estimate of drug-likeness (QED) is 0.768. The van der Waals surface area contributed by atoms with E-state index in [4.69, 9.17) is 4.74 Å². The predicted octanol–water partition coefficient (Wildman–Crippen LogP) is 3.76. The Morgan fingerprint density at radius 2 is 1.69 bits per heavy atom. The molecule has 0 aromatic heterocycles. The summed E-state index contributed by atoms with van der Waals surface area (Å²) in [5.74, 6) is 0. The number of hydrogen-bond acceptors (Lipinski definition) is 1. The summed E-state index contributed by atoms with van der Waals surface area (Å²) < 4.78 is 6.74. The van der Waals surface area contributed by atoms with Gasteiger partial charge in [-0.05, 0) is 38.5 Å². The van der Waals surface area contributed by atoms with Crippen LogP contribution in [0.25, 0.3) is 0 Å². The lowest BCUT2D eigenvalue weighted by atomic mass is 10.2. The van der Waals surface area contributed by atoms with E-state index in [1.807, 2.05) is 12.1 Å². The molecular weight excluding hydrogens is 228 g/mol. The lowest BCUT2D eigenvalue weighted by Gasteiger charge is -2.19. The molecule has 0 spiro atoms. The van der Waals surface area contributed by atoms with Crippen molar-refractivity contribution in [2.24, 2.45) is 0 Å². The first-order valence-electron chi connectivity index (χ1n) is 4.36. The third-order valence-electron chi connectivity index (χ3n) is 1.59.